The lowest BCUT2D eigenvalue weighted by molar-refractivity contribution is 0.320. The summed E-state index contributed by atoms with van der Waals surface area (Å²) >= 11 is 0. The van der Waals surface area contributed by atoms with E-state index in [0.29, 0.717) is 23.7 Å². The molecular formula is C9H15N3O. The van der Waals surface area contributed by atoms with Crippen molar-refractivity contribution in [1.29, 1.82) is 0 Å². The van der Waals surface area contributed by atoms with Gasteiger partial charge in [-0.25, -0.2) is 0 Å². The molecule has 0 saturated heterocycles. The van der Waals surface area contributed by atoms with Gasteiger partial charge in [-0.05, 0) is 19.2 Å². The molecule has 1 aromatic rings. The maximum atomic E-state index is 5.67. The summed E-state index contributed by atoms with van der Waals surface area (Å²) in [6.07, 6.45) is 0. The third-order valence-electron chi connectivity index (χ3n) is 1.65. The molecule has 4 heteroatoms. The Morgan fingerprint density at radius 2 is 2.15 bits per heavy atom. The zero-order valence-corrected chi connectivity index (χ0v) is 7.71. The van der Waals surface area contributed by atoms with Gasteiger partial charge in [-0.15, -0.1) is 0 Å². The summed E-state index contributed by atoms with van der Waals surface area (Å²) in [6, 6.07) is 5.22. The second-order valence-electron chi connectivity index (χ2n) is 2.75. The molecule has 5 N–H and O–H groups in total. The van der Waals surface area contributed by atoms with Crippen molar-refractivity contribution < 1.29 is 4.74 Å². The van der Waals surface area contributed by atoms with E-state index in [9.17, 15) is 0 Å². The van der Waals surface area contributed by atoms with Crippen LogP contribution in [0, 0.1) is 0 Å². The fourth-order valence-electron chi connectivity index (χ4n) is 0.939. The van der Waals surface area contributed by atoms with Gasteiger partial charge in [0.2, 0.25) is 0 Å². The minimum absolute atomic E-state index is 0.587. The van der Waals surface area contributed by atoms with Crippen molar-refractivity contribution >= 4 is 11.4 Å². The van der Waals surface area contributed by atoms with Crippen LogP contribution in [0.5, 0.6) is 5.75 Å². The summed E-state index contributed by atoms with van der Waals surface area (Å²) in [5.74, 6) is 0.648. The number of rotatable bonds is 4. The molecule has 0 aliphatic rings. The lowest BCUT2D eigenvalue weighted by atomic mass is 10.2. The van der Waals surface area contributed by atoms with Crippen molar-refractivity contribution in [3.8, 4) is 5.75 Å². The molecule has 0 radical (unpaired) electrons. The monoisotopic (exact) mass is 181 g/mol. The lowest BCUT2D eigenvalue weighted by Gasteiger charge is -2.08. The minimum atomic E-state index is 0.587. The van der Waals surface area contributed by atoms with E-state index in [4.69, 9.17) is 16.2 Å². The molecule has 0 saturated carbocycles. The number of benzene rings is 1. The quantitative estimate of drug-likeness (QED) is 0.466. The van der Waals surface area contributed by atoms with Gasteiger partial charge in [-0.2, -0.15) is 0 Å². The predicted octanol–water partition coefficient (Wildman–Crippen LogP) is 0.449. The Kier molecular flexibility index (Phi) is 3.40. The van der Waals surface area contributed by atoms with Crippen LogP contribution in [0.1, 0.15) is 0 Å². The van der Waals surface area contributed by atoms with Crippen molar-refractivity contribution in [1.82, 2.24) is 5.32 Å². The van der Waals surface area contributed by atoms with Gasteiger partial charge in [0.25, 0.3) is 0 Å². The van der Waals surface area contributed by atoms with E-state index in [0.717, 1.165) is 6.54 Å². The molecule has 0 heterocycles. The summed E-state index contributed by atoms with van der Waals surface area (Å²) < 4.78 is 5.39. The van der Waals surface area contributed by atoms with Crippen LogP contribution in [0.3, 0.4) is 0 Å². The molecule has 0 bridgehead atoms. The zero-order chi connectivity index (χ0) is 9.68. The topological polar surface area (TPSA) is 73.3 Å². The first-order chi connectivity index (χ1) is 6.24. The molecule has 0 fully saturated rings. The minimum Gasteiger partial charge on any atom is -0.490 e. The molecule has 0 aromatic heterocycles. The van der Waals surface area contributed by atoms with Crippen molar-refractivity contribution in [2.45, 2.75) is 0 Å². The molecule has 0 spiro atoms. The van der Waals surface area contributed by atoms with Gasteiger partial charge in [-0.1, -0.05) is 0 Å². The molecule has 0 aliphatic carbocycles. The van der Waals surface area contributed by atoms with Crippen molar-refractivity contribution in [2.24, 2.45) is 0 Å². The largest absolute Gasteiger partial charge is 0.490 e. The van der Waals surface area contributed by atoms with Gasteiger partial charge < -0.3 is 21.5 Å². The Balaban J connectivity index is 2.59. The Morgan fingerprint density at radius 1 is 1.38 bits per heavy atom. The van der Waals surface area contributed by atoms with Gasteiger partial charge >= 0.3 is 0 Å². The summed E-state index contributed by atoms with van der Waals surface area (Å²) in [4.78, 5) is 0. The Morgan fingerprint density at radius 3 is 2.85 bits per heavy atom. The van der Waals surface area contributed by atoms with Crippen LogP contribution in [0.15, 0.2) is 18.2 Å². The first kappa shape index (κ1) is 9.67. The molecule has 0 amide bonds. The first-order valence-electron chi connectivity index (χ1n) is 4.16. The van der Waals surface area contributed by atoms with Crippen LogP contribution < -0.4 is 21.5 Å². The summed E-state index contributed by atoms with van der Waals surface area (Å²) in [5, 5.41) is 2.97. The SMILES string of the molecule is CNCCOc1cc(N)ccc1N. The zero-order valence-electron chi connectivity index (χ0n) is 7.71. The van der Waals surface area contributed by atoms with E-state index in [1.165, 1.54) is 0 Å². The number of nitrogens with two attached hydrogens (primary N) is 2. The maximum Gasteiger partial charge on any atom is 0.144 e. The molecule has 72 valence electrons. The molecule has 13 heavy (non-hydrogen) atoms. The number of likely N-dealkylation sites (N-methyl/N-ethyl adjacent to an activating group) is 1. The first-order valence-corrected chi connectivity index (χ1v) is 4.16. The normalized spacial score (nSPS) is 9.92. The summed E-state index contributed by atoms with van der Waals surface area (Å²) in [5.41, 5.74) is 12.5. The average molecular weight is 181 g/mol. The number of ether oxygens (including phenoxy) is 1. The van der Waals surface area contributed by atoms with E-state index in [1.54, 1.807) is 18.2 Å². The molecule has 1 rings (SSSR count). The summed E-state index contributed by atoms with van der Waals surface area (Å²) in [7, 11) is 1.87. The number of nitrogens with one attached hydrogen (secondary N) is 1. The highest BCUT2D eigenvalue weighted by Gasteiger charge is 1.99. The average Bonchev–Trinajstić information content (AvgIpc) is 2.11. The maximum absolute atomic E-state index is 5.67. The predicted molar refractivity (Wildman–Crippen MR) is 54.7 cm³/mol. The number of anilines is 2. The molecule has 1 aromatic carbocycles. The standard InChI is InChI=1S/C9H15N3O/c1-12-4-5-13-9-6-7(10)2-3-8(9)11/h2-3,6,12H,4-5,10-11H2,1H3. The lowest BCUT2D eigenvalue weighted by Crippen LogP contribution is -2.16. The third kappa shape index (κ3) is 2.83. The second-order valence-corrected chi connectivity index (χ2v) is 2.75. The van der Waals surface area contributed by atoms with Crippen LogP contribution in [0.25, 0.3) is 0 Å². The van der Waals surface area contributed by atoms with E-state index >= 15 is 0 Å². The van der Waals surface area contributed by atoms with Crippen molar-refractivity contribution in [3.05, 3.63) is 18.2 Å². The second kappa shape index (κ2) is 4.57. The molecule has 4 nitrogen and oxygen atoms in total. The third-order valence-corrected chi connectivity index (χ3v) is 1.65. The van der Waals surface area contributed by atoms with E-state index < -0.39 is 0 Å². The van der Waals surface area contributed by atoms with E-state index in [2.05, 4.69) is 5.32 Å². The molecule has 0 aliphatic heterocycles. The van der Waals surface area contributed by atoms with Crippen molar-refractivity contribution in [3.63, 3.8) is 0 Å². The fourth-order valence-corrected chi connectivity index (χ4v) is 0.939. The van der Waals surface area contributed by atoms with Gasteiger partial charge in [0.1, 0.15) is 12.4 Å². The van der Waals surface area contributed by atoms with Gasteiger partial charge in [0.05, 0.1) is 5.69 Å². The highest BCUT2D eigenvalue weighted by Crippen LogP contribution is 2.23. The molecular weight excluding hydrogens is 166 g/mol. The van der Waals surface area contributed by atoms with E-state index in [1.807, 2.05) is 7.05 Å². The van der Waals surface area contributed by atoms with Crippen molar-refractivity contribution in [2.75, 3.05) is 31.7 Å². The fraction of sp³-hybridized carbons (Fsp3) is 0.333. The van der Waals surface area contributed by atoms with E-state index in [-0.39, 0.29) is 0 Å². The van der Waals surface area contributed by atoms with Gasteiger partial charge in [-0.3, -0.25) is 0 Å². The Labute approximate surface area is 77.9 Å². The summed E-state index contributed by atoms with van der Waals surface area (Å²) in [6.45, 7) is 1.37. The van der Waals surface area contributed by atoms with Crippen LogP contribution in [-0.2, 0) is 0 Å². The van der Waals surface area contributed by atoms with Crippen LogP contribution in [0.4, 0.5) is 11.4 Å². The van der Waals surface area contributed by atoms with Gasteiger partial charge in [0, 0.05) is 18.3 Å². The molecule has 0 unspecified atom stereocenters. The number of hydrogen-bond acceptors (Lipinski definition) is 4. The Hall–Kier alpha value is -1.42. The smallest absolute Gasteiger partial charge is 0.144 e. The van der Waals surface area contributed by atoms with Crippen LogP contribution in [-0.4, -0.2) is 20.2 Å². The van der Waals surface area contributed by atoms with Crippen LogP contribution in [0.2, 0.25) is 0 Å². The highest BCUT2D eigenvalue weighted by atomic mass is 16.5. The molecule has 0 atom stereocenters. The number of hydrogen-bond donors (Lipinski definition) is 3. The number of nitrogen functional groups attached to an aromatic ring is 2. The Bertz CT molecular complexity index is 276. The van der Waals surface area contributed by atoms with Gasteiger partial charge in [0.15, 0.2) is 0 Å². The van der Waals surface area contributed by atoms with Crippen LogP contribution >= 0.6 is 0 Å². The highest BCUT2D eigenvalue weighted by molar-refractivity contribution is 5.59.